The lowest BCUT2D eigenvalue weighted by molar-refractivity contribution is -0.124. The molecule has 0 aliphatic heterocycles. The molecule has 1 amide bonds. The van der Waals surface area contributed by atoms with Gasteiger partial charge in [-0.2, -0.15) is 5.10 Å². The van der Waals surface area contributed by atoms with Crippen LogP contribution in [-0.4, -0.2) is 29.9 Å². The highest BCUT2D eigenvalue weighted by Gasteiger charge is 2.16. The van der Waals surface area contributed by atoms with Crippen LogP contribution in [0.25, 0.3) is 0 Å². The monoisotopic (exact) mass is 289 g/mol. The van der Waals surface area contributed by atoms with Crippen molar-refractivity contribution in [2.75, 3.05) is 14.2 Å². The Morgan fingerprint density at radius 1 is 1.33 bits per heavy atom. The number of amides is 1. The smallest absolute Gasteiger partial charge is 0.244 e. The number of benzene rings is 1. The van der Waals surface area contributed by atoms with Gasteiger partial charge in [0.15, 0.2) is 11.5 Å². The molecule has 0 saturated carbocycles. The predicted molar refractivity (Wildman–Crippen MR) is 78.3 cm³/mol. The molecule has 21 heavy (non-hydrogen) atoms. The number of rotatable bonds is 6. The Morgan fingerprint density at radius 3 is 2.76 bits per heavy atom. The molecule has 1 aromatic heterocycles. The van der Waals surface area contributed by atoms with Crippen molar-refractivity contribution in [3.63, 3.8) is 0 Å². The molecule has 1 atom stereocenters. The minimum Gasteiger partial charge on any atom is -0.493 e. The Balaban J connectivity index is 2.04. The number of hydrogen-bond donors (Lipinski definition) is 1. The maximum absolute atomic E-state index is 12.1. The Hall–Kier alpha value is -2.50. The van der Waals surface area contributed by atoms with E-state index in [1.165, 1.54) is 0 Å². The number of carbonyl (C=O) groups is 1. The Bertz CT molecular complexity index is 596. The molecular formula is C15H19N3O3. The van der Waals surface area contributed by atoms with Gasteiger partial charge in [-0.1, -0.05) is 12.1 Å². The molecule has 0 fully saturated rings. The summed E-state index contributed by atoms with van der Waals surface area (Å²) in [6, 6.07) is 6.99. The van der Waals surface area contributed by atoms with Crippen LogP contribution in [0, 0.1) is 0 Å². The first-order valence-electron chi connectivity index (χ1n) is 6.64. The molecule has 6 nitrogen and oxygen atoms in total. The molecule has 1 heterocycles. The van der Waals surface area contributed by atoms with Crippen molar-refractivity contribution in [2.24, 2.45) is 0 Å². The van der Waals surface area contributed by atoms with Crippen molar-refractivity contribution < 1.29 is 14.3 Å². The summed E-state index contributed by atoms with van der Waals surface area (Å²) in [5.41, 5.74) is 0.859. The highest BCUT2D eigenvalue weighted by molar-refractivity contribution is 5.79. The van der Waals surface area contributed by atoms with E-state index in [0.29, 0.717) is 18.0 Å². The molecular weight excluding hydrogens is 270 g/mol. The van der Waals surface area contributed by atoms with Gasteiger partial charge in [-0.15, -0.1) is 0 Å². The molecule has 2 rings (SSSR count). The molecule has 0 aliphatic carbocycles. The summed E-state index contributed by atoms with van der Waals surface area (Å²) in [6.45, 7) is 2.16. The van der Waals surface area contributed by atoms with Crippen LogP contribution in [0.2, 0.25) is 0 Å². The quantitative estimate of drug-likeness (QED) is 0.880. The fraction of sp³-hybridized carbons (Fsp3) is 0.333. The Morgan fingerprint density at radius 2 is 2.14 bits per heavy atom. The summed E-state index contributed by atoms with van der Waals surface area (Å²) in [6.07, 6.45) is 3.41. The summed E-state index contributed by atoms with van der Waals surface area (Å²) in [5.74, 6) is 1.17. The van der Waals surface area contributed by atoms with Crippen molar-refractivity contribution in [1.82, 2.24) is 15.1 Å². The normalized spacial score (nSPS) is 11.8. The standard InChI is InChI=1S/C15H19N3O3/c1-11(18-9-5-8-17-18)15(19)16-10-12-6-4-7-13(20-2)14(12)21-3/h4-9,11H,10H2,1-3H3,(H,16,19). The number of ether oxygens (including phenoxy) is 2. The number of para-hydroxylation sites is 1. The van der Waals surface area contributed by atoms with E-state index < -0.39 is 0 Å². The van der Waals surface area contributed by atoms with Gasteiger partial charge in [-0.25, -0.2) is 0 Å². The molecule has 6 heteroatoms. The molecule has 2 aromatic rings. The number of aromatic nitrogens is 2. The fourth-order valence-electron chi connectivity index (χ4n) is 2.05. The van der Waals surface area contributed by atoms with E-state index in [1.54, 1.807) is 44.3 Å². The zero-order chi connectivity index (χ0) is 15.2. The third-order valence-electron chi connectivity index (χ3n) is 3.24. The highest BCUT2D eigenvalue weighted by atomic mass is 16.5. The number of methoxy groups -OCH3 is 2. The van der Waals surface area contributed by atoms with E-state index in [2.05, 4.69) is 10.4 Å². The Labute approximate surface area is 123 Å². The Kier molecular flexibility index (Phi) is 4.81. The van der Waals surface area contributed by atoms with E-state index in [-0.39, 0.29) is 11.9 Å². The van der Waals surface area contributed by atoms with Crippen LogP contribution >= 0.6 is 0 Å². The van der Waals surface area contributed by atoms with Gasteiger partial charge in [0, 0.05) is 24.5 Å². The average molecular weight is 289 g/mol. The van der Waals surface area contributed by atoms with Crippen LogP contribution in [0.15, 0.2) is 36.7 Å². The van der Waals surface area contributed by atoms with E-state index in [0.717, 1.165) is 5.56 Å². The topological polar surface area (TPSA) is 65.4 Å². The fourth-order valence-corrected chi connectivity index (χ4v) is 2.05. The van der Waals surface area contributed by atoms with Crippen LogP contribution in [0.1, 0.15) is 18.5 Å². The zero-order valence-corrected chi connectivity index (χ0v) is 12.4. The molecule has 1 N–H and O–H groups in total. The van der Waals surface area contributed by atoms with Crippen molar-refractivity contribution in [3.05, 3.63) is 42.2 Å². The number of nitrogens with one attached hydrogen (secondary N) is 1. The summed E-state index contributed by atoms with van der Waals surface area (Å²) in [5, 5.41) is 6.94. The van der Waals surface area contributed by atoms with Crippen LogP contribution in [0.5, 0.6) is 11.5 Å². The summed E-state index contributed by atoms with van der Waals surface area (Å²) in [4.78, 5) is 12.1. The second kappa shape index (κ2) is 6.78. The zero-order valence-electron chi connectivity index (χ0n) is 12.4. The first-order valence-corrected chi connectivity index (χ1v) is 6.64. The highest BCUT2D eigenvalue weighted by Crippen LogP contribution is 2.30. The van der Waals surface area contributed by atoms with E-state index in [9.17, 15) is 4.79 Å². The molecule has 1 unspecified atom stereocenters. The SMILES string of the molecule is COc1cccc(CNC(=O)C(C)n2cccn2)c1OC. The second-order valence-corrected chi connectivity index (χ2v) is 4.53. The molecule has 112 valence electrons. The van der Waals surface area contributed by atoms with Crippen molar-refractivity contribution >= 4 is 5.91 Å². The first-order chi connectivity index (χ1) is 10.2. The van der Waals surface area contributed by atoms with Gasteiger partial charge in [0.05, 0.1) is 14.2 Å². The average Bonchev–Trinajstić information content (AvgIpc) is 3.05. The molecule has 0 spiro atoms. The maximum Gasteiger partial charge on any atom is 0.244 e. The van der Waals surface area contributed by atoms with Gasteiger partial charge >= 0.3 is 0 Å². The van der Waals surface area contributed by atoms with Crippen LogP contribution in [0.4, 0.5) is 0 Å². The van der Waals surface area contributed by atoms with E-state index >= 15 is 0 Å². The van der Waals surface area contributed by atoms with Gasteiger partial charge < -0.3 is 14.8 Å². The molecule has 1 aromatic carbocycles. The maximum atomic E-state index is 12.1. The summed E-state index contributed by atoms with van der Waals surface area (Å²) < 4.78 is 12.2. The minimum absolute atomic E-state index is 0.108. The lowest BCUT2D eigenvalue weighted by atomic mass is 10.1. The third-order valence-corrected chi connectivity index (χ3v) is 3.24. The molecule has 0 saturated heterocycles. The lowest BCUT2D eigenvalue weighted by Crippen LogP contribution is -2.30. The van der Waals surface area contributed by atoms with Crippen LogP contribution in [0.3, 0.4) is 0 Å². The van der Waals surface area contributed by atoms with E-state index in [1.807, 2.05) is 18.2 Å². The van der Waals surface area contributed by atoms with Gasteiger partial charge in [0.25, 0.3) is 0 Å². The lowest BCUT2D eigenvalue weighted by Gasteiger charge is -2.15. The third kappa shape index (κ3) is 3.34. The van der Waals surface area contributed by atoms with Crippen molar-refractivity contribution in [1.29, 1.82) is 0 Å². The predicted octanol–water partition coefficient (Wildman–Crippen LogP) is 1.78. The summed E-state index contributed by atoms with van der Waals surface area (Å²) >= 11 is 0. The number of nitrogens with zero attached hydrogens (tertiary/aromatic N) is 2. The van der Waals surface area contributed by atoms with Gasteiger partial charge in [0.2, 0.25) is 5.91 Å². The van der Waals surface area contributed by atoms with Gasteiger partial charge in [0.1, 0.15) is 6.04 Å². The van der Waals surface area contributed by atoms with Crippen molar-refractivity contribution in [3.8, 4) is 11.5 Å². The number of hydrogen-bond acceptors (Lipinski definition) is 4. The largest absolute Gasteiger partial charge is 0.493 e. The van der Waals surface area contributed by atoms with Gasteiger partial charge in [-0.3, -0.25) is 9.48 Å². The first kappa shape index (κ1) is 14.9. The van der Waals surface area contributed by atoms with Gasteiger partial charge in [-0.05, 0) is 19.1 Å². The second-order valence-electron chi connectivity index (χ2n) is 4.53. The van der Waals surface area contributed by atoms with Crippen molar-refractivity contribution in [2.45, 2.75) is 19.5 Å². The van der Waals surface area contributed by atoms with Crippen LogP contribution in [-0.2, 0) is 11.3 Å². The molecule has 0 radical (unpaired) electrons. The van der Waals surface area contributed by atoms with E-state index in [4.69, 9.17) is 9.47 Å². The minimum atomic E-state index is -0.364. The summed E-state index contributed by atoms with van der Waals surface area (Å²) in [7, 11) is 3.16. The number of carbonyl (C=O) groups excluding carboxylic acids is 1. The van der Waals surface area contributed by atoms with Crippen LogP contribution < -0.4 is 14.8 Å². The molecule has 0 aliphatic rings. The molecule has 0 bridgehead atoms.